The molecule has 140 valence electrons. The summed E-state index contributed by atoms with van der Waals surface area (Å²) in [6.07, 6.45) is 4.57. The fourth-order valence-corrected chi connectivity index (χ4v) is 3.89. The number of pyridine rings is 1. The molecule has 0 atom stereocenters. The zero-order valence-corrected chi connectivity index (χ0v) is 16.5. The van der Waals surface area contributed by atoms with Crippen molar-refractivity contribution in [1.82, 2.24) is 4.98 Å². The van der Waals surface area contributed by atoms with Crippen molar-refractivity contribution < 1.29 is 0 Å². The van der Waals surface area contributed by atoms with Crippen molar-refractivity contribution in [2.45, 2.75) is 6.42 Å². The Kier molecular flexibility index (Phi) is 4.63. The third kappa shape index (κ3) is 3.67. The first kappa shape index (κ1) is 17.7. The first-order valence-electron chi connectivity index (χ1n) is 9.62. The van der Waals surface area contributed by atoms with Crippen LogP contribution < -0.4 is 5.32 Å². The van der Waals surface area contributed by atoms with E-state index in [-0.39, 0.29) is 0 Å². The number of fused-ring (bicyclic) bond motifs is 2. The van der Waals surface area contributed by atoms with Gasteiger partial charge in [0.05, 0.1) is 0 Å². The van der Waals surface area contributed by atoms with Crippen LogP contribution in [-0.2, 0) is 6.42 Å². The summed E-state index contributed by atoms with van der Waals surface area (Å²) in [6, 6.07) is 29.4. The largest absolute Gasteiger partial charge is 0.355 e. The highest BCUT2D eigenvalue weighted by Crippen LogP contribution is 2.34. The van der Waals surface area contributed by atoms with Crippen LogP contribution in [0.5, 0.6) is 0 Å². The van der Waals surface area contributed by atoms with E-state index < -0.39 is 0 Å². The van der Waals surface area contributed by atoms with E-state index in [2.05, 4.69) is 71.0 Å². The normalized spacial score (nSPS) is 11.1. The highest BCUT2D eigenvalue weighted by atomic mass is 35.5. The van der Waals surface area contributed by atoms with Crippen molar-refractivity contribution in [3.8, 4) is 0 Å². The van der Waals surface area contributed by atoms with E-state index in [1.807, 2.05) is 36.7 Å². The maximum atomic E-state index is 6.04. The Morgan fingerprint density at radius 1 is 0.724 bits per heavy atom. The number of anilines is 2. The van der Waals surface area contributed by atoms with Gasteiger partial charge in [0.1, 0.15) is 0 Å². The van der Waals surface area contributed by atoms with Crippen molar-refractivity contribution in [1.29, 1.82) is 0 Å². The molecule has 0 unspecified atom stereocenters. The molecule has 5 aromatic rings. The predicted molar refractivity (Wildman–Crippen MR) is 123 cm³/mol. The van der Waals surface area contributed by atoms with Crippen LogP contribution in [0.4, 0.5) is 11.4 Å². The molecular weight excluding hydrogens is 376 g/mol. The molecule has 0 saturated carbocycles. The topological polar surface area (TPSA) is 24.9 Å². The minimum atomic E-state index is 0.735. The second kappa shape index (κ2) is 7.57. The van der Waals surface area contributed by atoms with Gasteiger partial charge >= 0.3 is 0 Å². The third-order valence-corrected chi connectivity index (χ3v) is 5.49. The molecule has 3 heteroatoms. The molecule has 0 aliphatic rings. The van der Waals surface area contributed by atoms with Gasteiger partial charge in [-0.05, 0) is 88.3 Å². The van der Waals surface area contributed by atoms with Gasteiger partial charge in [-0.1, -0.05) is 41.9 Å². The number of halogens is 1. The summed E-state index contributed by atoms with van der Waals surface area (Å²) < 4.78 is 0. The Morgan fingerprint density at radius 2 is 1.41 bits per heavy atom. The van der Waals surface area contributed by atoms with Gasteiger partial charge in [0, 0.05) is 34.2 Å². The minimum absolute atomic E-state index is 0.735. The van der Waals surface area contributed by atoms with Crippen LogP contribution in [0.25, 0.3) is 21.5 Å². The van der Waals surface area contributed by atoms with Crippen LogP contribution in [0.1, 0.15) is 11.1 Å². The standard InChI is InChI=1S/C26H19ClN2/c27-22-6-8-23(9-7-22)29-26-10-5-21(15-18-11-13-28-14-12-18)24-16-19-3-1-2-4-20(19)17-25(24)26/h1-14,16-17,29H,15H2. The Labute approximate surface area is 174 Å². The number of hydrogen-bond donors (Lipinski definition) is 1. The molecule has 2 nitrogen and oxygen atoms in total. The maximum Gasteiger partial charge on any atom is 0.0464 e. The van der Waals surface area contributed by atoms with E-state index in [4.69, 9.17) is 11.6 Å². The second-order valence-electron chi connectivity index (χ2n) is 7.18. The van der Waals surface area contributed by atoms with Gasteiger partial charge in [0.25, 0.3) is 0 Å². The summed E-state index contributed by atoms with van der Waals surface area (Å²) in [5, 5.41) is 9.26. The summed E-state index contributed by atoms with van der Waals surface area (Å²) in [4.78, 5) is 4.14. The Hall–Kier alpha value is -3.36. The van der Waals surface area contributed by atoms with Crippen molar-refractivity contribution in [3.05, 3.63) is 113 Å². The first-order valence-corrected chi connectivity index (χ1v) is 10.00. The molecular formula is C26H19ClN2. The zero-order valence-electron chi connectivity index (χ0n) is 15.8. The third-order valence-electron chi connectivity index (χ3n) is 5.24. The van der Waals surface area contributed by atoms with Crippen LogP contribution in [0.3, 0.4) is 0 Å². The fraction of sp³-hybridized carbons (Fsp3) is 0.0385. The smallest absolute Gasteiger partial charge is 0.0464 e. The van der Waals surface area contributed by atoms with Crippen LogP contribution in [0.2, 0.25) is 5.02 Å². The minimum Gasteiger partial charge on any atom is -0.355 e. The Morgan fingerprint density at radius 3 is 2.14 bits per heavy atom. The fourth-order valence-electron chi connectivity index (χ4n) is 3.76. The van der Waals surface area contributed by atoms with E-state index in [1.165, 1.54) is 32.7 Å². The SMILES string of the molecule is Clc1ccc(Nc2ccc(Cc3ccncc3)c3cc4ccccc4cc23)cc1. The summed E-state index contributed by atoms with van der Waals surface area (Å²) >= 11 is 6.04. The quantitative estimate of drug-likeness (QED) is 0.322. The van der Waals surface area contributed by atoms with Gasteiger partial charge < -0.3 is 5.32 Å². The van der Waals surface area contributed by atoms with E-state index in [0.29, 0.717) is 0 Å². The zero-order chi connectivity index (χ0) is 19.6. The van der Waals surface area contributed by atoms with Gasteiger partial charge in [-0.3, -0.25) is 4.98 Å². The molecule has 4 aromatic carbocycles. The summed E-state index contributed by atoms with van der Waals surface area (Å²) in [5.74, 6) is 0. The van der Waals surface area contributed by atoms with E-state index in [0.717, 1.165) is 22.8 Å². The average Bonchev–Trinajstić information content (AvgIpc) is 2.76. The van der Waals surface area contributed by atoms with Crippen LogP contribution in [-0.4, -0.2) is 4.98 Å². The molecule has 29 heavy (non-hydrogen) atoms. The lowest BCUT2D eigenvalue weighted by molar-refractivity contribution is 1.18. The van der Waals surface area contributed by atoms with E-state index in [1.54, 1.807) is 0 Å². The van der Waals surface area contributed by atoms with Crippen LogP contribution in [0, 0.1) is 0 Å². The molecule has 0 spiro atoms. The summed E-state index contributed by atoms with van der Waals surface area (Å²) in [6.45, 7) is 0. The van der Waals surface area contributed by atoms with Crippen LogP contribution >= 0.6 is 11.6 Å². The molecule has 1 heterocycles. The number of nitrogens with zero attached hydrogens (tertiary/aromatic N) is 1. The predicted octanol–water partition coefficient (Wildman–Crippen LogP) is 7.38. The molecule has 0 aliphatic heterocycles. The lowest BCUT2D eigenvalue weighted by atomic mass is 9.95. The second-order valence-corrected chi connectivity index (χ2v) is 7.62. The number of hydrogen-bond acceptors (Lipinski definition) is 2. The molecule has 0 aliphatic carbocycles. The Bertz CT molecular complexity index is 1300. The van der Waals surface area contributed by atoms with Crippen molar-refractivity contribution in [3.63, 3.8) is 0 Å². The summed E-state index contributed by atoms with van der Waals surface area (Å²) in [5.41, 5.74) is 4.67. The highest BCUT2D eigenvalue weighted by Gasteiger charge is 2.09. The molecule has 0 amide bonds. The lowest BCUT2D eigenvalue weighted by Gasteiger charge is -2.15. The van der Waals surface area contributed by atoms with Gasteiger partial charge in [-0.25, -0.2) is 0 Å². The van der Waals surface area contributed by atoms with Crippen molar-refractivity contribution in [2.24, 2.45) is 0 Å². The lowest BCUT2D eigenvalue weighted by Crippen LogP contribution is -1.96. The monoisotopic (exact) mass is 394 g/mol. The number of benzene rings is 4. The molecule has 0 bridgehead atoms. The maximum absolute atomic E-state index is 6.04. The Balaban J connectivity index is 1.66. The molecule has 0 fully saturated rings. The molecule has 1 N–H and O–H groups in total. The van der Waals surface area contributed by atoms with Gasteiger partial charge in [-0.15, -0.1) is 0 Å². The van der Waals surface area contributed by atoms with Gasteiger partial charge in [-0.2, -0.15) is 0 Å². The molecule has 5 rings (SSSR count). The van der Waals surface area contributed by atoms with Crippen molar-refractivity contribution >= 4 is 44.5 Å². The van der Waals surface area contributed by atoms with Gasteiger partial charge in [0.2, 0.25) is 0 Å². The molecule has 0 saturated heterocycles. The molecule has 0 radical (unpaired) electrons. The van der Waals surface area contributed by atoms with Crippen molar-refractivity contribution in [2.75, 3.05) is 5.32 Å². The average molecular weight is 395 g/mol. The highest BCUT2D eigenvalue weighted by molar-refractivity contribution is 6.30. The van der Waals surface area contributed by atoms with Crippen LogP contribution in [0.15, 0.2) is 97.3 Å². The molecule has 1 aromatic heterocycles. The number of aromatic nitrogens is 1. The van der Waals surface area contributed by atoms with E-state index >= 15 is 0 Å². The van der Waals surface area contributed by atoms with Gasteiger partial charge in [0.15, 0.2) is 0 Å². The first-order chi connectivity index (χ1) is 14.3. The number of rotatable bonds is 4. The summed E-state index contributed by atoms with van der Waals surface area (Å²) in [7, 11) is 0. The number of nitrogens with one attached hydrogen (secondary N) is 1. The van der Waals surface area contributed by atoms with E-state index in [9.17, 15) is 0 Å².